The Labute approximate surface area is 162 Å². The van der Waals surface area contributed by atoms with Crippen molar-refractivity contribution in [2.45, 2.75) is 50.1 Å². The van der Waals surface area contributed by atoms with Crippen molar-refractivity contribution >= 4 is 30.3 Å². The Morgan fingerprint density at radius 3 is 2.22 bits per heavy atom. The SMILES string of the molecule is CC[C@](C)(S)C(=O)N1CCC(NC(=O)Nc2ccc(C(F)(F)F)cc2)CC1. The lowest BCUT2D eigenvalue weighted by atomic mass is 10.0. The number of nitrogens with one attached hydrogen (secondary N) is 2. The Bertz CT molecular complexity index is 669. The topological polar surface area (TPSA) is 61.4 Å². The van der Waals surface area contributed by atoms with Crippen LogP contribution in [0, 0.1) is 0 Å². The number of carbonyl (C=O) groups excluding carboxylic acids is 2. The molecule has 0 spiro atoms. The monoisotopic (exact) mass is 403 g/mol. The molecule has 150 valence electrons. The summed E-state index contributed by atoms with van der Waals surface area (Å²) in [7, 11) is 0. The molecule has 27 heavy (non-hydrogen) atoms. The molecule has 0 bridgehead atoms. The van der Waals surface area contributed by atoms with Crippen LogP contribution in [-0.2, 0) is 11.0 Å². The number of anilines is 1. The second-order valence-corrected chi connectivity index (χ2v) is 7.85. The molecule has 1 heterocycles. The van der Waals surface area contributed by atoms with Crippen LogP contribution in [0.2, 0.25) is 0 Å². The Balaban J connectivity index is 1.82. The number of carbonyl (C=O) groups is 2. The molecule has 1 aromatic carbocycles. The first-order chi connectivity index (χ1) is 12.5. The summed E-state index contributed by atoms with van der Waals surface area (Å²) in [6.45, 7) is 4.76. The Kier molecular flexibility index (Phi) is 6.67. The van der Waals surface area contributed by atoms with Crippen molar-refractivity contribution in [2.24, 2.45) is 0 Å². The van der Waals surface area contributed by atoms with E-state index in [2.05, 4.69) is 23.3 Å². The number of alkyl halides is 3. The van der Waals surface area contributed by atoms with E-state index in [4.69, 9.17) is 0 Å². The Morgan fingerprint density at radius 2 is 1.74 bits per heavy atom. The van der Waals surface area contributed by atoms with Gasteiger partial charge < -0.3 is 15.5 Å². The standard InChI is InChI=1S/C18H24F3N3O2S/c1-3-17(2,27)15(25)24-10-8-14(9-11-24)23-16(26)22-13-6-4-12(5-7-13)18(19,20)21/h4-7,14,27H,3,8-11H2,1-2H3,(H2,22,23,26)/t17-/m0/s1. The van der Waals surface area contributed by atoms with Gasteiger partial charge in [-0.05, 0) is 50.5 Å². The van der Waals surface area contributed by atoms with Crippen LogP contribution in [0.25, 0.3) is 0 Å². The smallest absolute Gasteiger partial charge is 0.341 e. The quantitative estimate of drug-likeness (QED) is 0.668. The fourth-order valence-corrected chi connectivity index (χ4v) is 2.96. The number of hydrogen-bond acceptors (Lipinski definition) is 3. The number of amides is 3. The van der Waals surface area contributed by atoms with Crippen LogP contribution in [0.4, 0.5) is 23.7 Å². The highest BCUT2D eigenvalue weighted by Crippen LogP contribution is 2.29. The highest BCUT2D eigenvalue weighted by molar-refractivity contribution is 7.82. The second-order valence-electron chi connectivity index (χ2n) is 6.87. The van der Waals surface area contributed by atoms with Crippen LogP contribution in [0.15, 0.2) is 24.3 Å². The molecule has 0 unspecified atom stereocenters. The molecule has 0 aromatic heterocycles. The highest BCUT2D eigenvalue weighted by Gasteiger charge is 2.34. The Morgan fingerprint density at radius 1 is 1.19 bits per heavy atom. The molecule has 2 N–H and O–H groups in total. The van der Waals surface area contributed by atoms with Crippen molar-refractivity contribution < 1.29 is 22.8 Å². The molecule has 2 rings (SSSR count). The summed E-state index contributed by atoms with van der Waals surface area (Å²) in [4.78, 5) is 26.2. The number of thiol groups is 1. The van der Waals surface area contributed by atoms with Crippen LogP contribution in [0.3, 0.4) is 0 Å². The minimum atomic E-state index is -4.41. The van der Waals surface area contributed by atoms with Gasteiger partial charge in [0.2, 0.25) is 5.91 Å². The highest BCUT2D eigenvalue weighted by atomic mass is 32.1. The average Bonchev–Trinajstić information content (AvgIpc) is 2.61. The number of rotatable bonds is 4. The third-order valence-electron chi connectivity index (χ3n) is 4.74. The molecule has 9 heteroatoms. The van der Waals surface area contributed by atoms with Crippen molar-refractivity contribution in [3.63, 3.8) is 0 Å². The summed E-state index contributed by atoms with van der Waals surface area (Å²) in [6.07, 6.45) is -2.56. The van der Waals surface area contributed by atoms with Gasteiger partial charge in [0.15, 0.2) is 0 Å². The molecular weight excluding hydrogens is 379 g/mol. The third-order valence-corrected chi connectivity index (χ3v) is 5.24. The Hall–Kier alpha value is -1.90. The average molecular weight is 403 g/mol. The first-order valence-electron chi connectivity index (χ1n) is 8.79. The van der Waals surface area contributed by atoms with E-state index >= 15 is 0 Å². The van der Waals surface area contributed by atoms with Gasteiger partial charge in [-0.1, -0.05) is 6.92 Å². The molecular formula is C18H24F3N3O2S. The summed E-state index contributed by atoms with van der Waals surface area (Å²) in [5.74, 6) is -0.0130. The van der Waals surface area contributed by atoms with Crippen LogP contribution < -0.4 is 10.6 Å². The van der Waals surface area contributed by atoms with E-state index in [9.17, 15) is 22.8 Å². The maximum Gasteiger partial charge on any atom is 0.416 e. The lowest BCUT2D eigenvalue weighted by Crippen LogP contribution is -2.51. The van der Waals surface area contributed by atoms with Crippen LogP contribution >= 0.6 is 12.6 Å². The molecule has 1 fully saturated rings. The van der Waals surface area contributed by atoms with Crippen LogP contribution in [-0.4, -0.2) is 40.7 Å². The van der Waals surface area contributed by atoms with E-state index in [-0.39, 0.29) is 17.6 Å². The van der Waals surface area contributed by atoms with E-state index in [0.29, 0.717) is 32.4 Å². The number of urea groups is 1. The summed E-state index contributed by atoms with van der Waals surface area (Å²) in [6, 6.07) is 3.68. The van der Waals surface area contributed by atoms with Gasteiger partial charge in [0.05, 0.1) is 10.3 Å². The summed E-state index contributed by atoms with van der Waals surface area (Å²) < 4.78 is 36.9. The first kappa shape index (κ1) is 21.4. The summed E-state index contributed by atoms with van der Waals surface area (Å²) >= 11 is 4.41. The molecule has 3 amide bonds. The van der Waals surface area contributed by atoms with Gasteiger partial charge in [-0.15, -0.1) is 0 Å². The van der Waals surface area contributed by atoms with E-state index in [1.54, 1.807) is 11.8 Å². The zero-order valence-electron chi connectivity index (χ0n) is 15.3. The van der Waals surface area contributed by atoms with Crippen molar-refractivity contribution in [3.05, 3.63) is 29.8 Å². The third kappa shape index (κ3) is 5.79. The van der Waals surface area contributed by atoms with E-state index < -0.39 is 22.5 Å². The van der Waals surface area contributed by atoms with E-state index in [1.807, 2.05) is 6.92 Å². The largest absolute Gasteiger partial charge is 0.416 e. The summed E-state index contributed by atoms with van der Waals surface area (Å²) in [5, 5.41) is 5.32. The van der Waals surface area contributed by atoms with Gasteiger partial charge in [0.1, 0.15) is 0 Å². The predicted molar refractivity (Wildman–Crippen MR) is 101 cm³/mol. The van der Waals surface area contributed by atoms with E-state index in [0.717, 1.165) is 12.1 Å². The lowest BCUT2D eigenvalue weighted by Gasteiger charge is -2.36. The maximum absolute atomic E-state index is 12.5. The molecule has 0 aliphatic carbocycles. The minimum absolute atomic E-state index is 0.0130. The van der Waals surface area contributed by atoms with Gasteiger partial charge in [0.25, 0.3) is 0 Å². The van der Waals surface area contributed by atoms with Crippen molar-refractivity contribution in [1.29, 1.82) is 0 Å². The number of benzene rings is 1. The van der Waals surface area contributed by atoms with Crippen molar-refractivity contribution in [2.75, 3.05) is 18.4 Å². The number of piperidine rings is 1. The predicted octanol–water partition coefficient (Wildman–Crippen LogP) is 3.92. The van der Waals surface area contributed by atoms with E-state index in [1.165, 1.54) is 12.1 Å². The lowest BCUT2D eigenvalue weighted by molar-refractivity contribution is -0.137. The van der Waals surface area contributed by atoms with Crippen molar-refractivity contribution in [1.82, 2.24) is 10.2 Å². The number of hydrogen-bond donors (Lipinski definition) is 3. The molecule has 1 aliphatic rings. The molecule has 1 aromatic rings. The molecule has 1 atom stereocenters. The van der Waals surface area contributed by atoms with Gasteiger partial charge >= 0.3 is 12.2 Å². The minimum Gasteiger partial charge on any atom is -0.341 e. The molecule has 0 saturated carbocycles. The fraction of sp³-hybridized carbons (Fsp3) is 0.556. The fourth-order valence-electron chi connectivity index (χ4n) is 2.81. The van der Waals surface area contributed by atoms with Gasteiger partial charge in [-0.3, -0.25) is 4.79 Å². The normalized spacial score (nSPS) is 17.9. The molecule has 5 nitrogen and oxygen atoms in total. The summed E-state index contributed by atoms with van der Waals surface area (Å²) in [5.41, 5.74) is -0.490. The number of nitrogens with zero attached hydrogens (tertiary/aromatic N) is 1. The number of likely N-dealkylation sites (tertiary alicyclic amines) is 1. The number of halogens is 3. The first-order valence-corrected chi connectivity index (χ1v) is 9.24. The zero-order chi connectivity index (χ0) is 20.2. The molecule has 1 aliphatic heterocycles. The molecule has 0 radical (unpaired) electrons. The van der Waals surface area contributed by atoms with Gasteiger partial charge in [-0.25, -0.2) is 4.79 Å². The van der Waals surface area contributed by atoms with Gasteiger partial charge in [-0.2, -0.15) is 25.8 Å². The van der Waals surface area contributed by atoms with Crippen LogP contribution in [0.5, 0.6) is 0 Å². The van der Waals surface area contributed by atoms with Crippen LogP contribution in [0.1, 0.15) is 38.7 Å². The van der Waals surface area contributed by atoms with Gasteiger partial charge in [0, 0.05) is 24.8 Å². The maximum atomic E-state index is 12.5. The zero-order valence-corrected chi connectivity index (χ0v) is 16.2. The molecule has 1 saturated heterocycles. The van der Waals surface area contributed by atoms with Crippen molar-refractivity contribution in [3.8, 4) is 0 Å². The second kappa shape index (κ2) is 8.41.